The zero-order chi connectivity index (χ0) is 19.5. The number of nitrogens with one attached hydrogen (secondary N) is 1. The molecule has 7 nitrogen and oxygen atoms in total. The molecule has 28 heavy (non-hydrogen) atoms. The normalized spacial score (nSPS) is 22.6. The van der Waals surface area contributed by atoms with Gasteiger partial charge in [-0.1, -0.05) is 30.3 Å². The number of carbonyl (C=O) groups excluding carboxylic acids is 2. The molecule has 2 amide bonds. The van der Waals surface area contributed by atoms with Gasteiger partial charge in [0.15, 0.2) is 0 Å². The van der Waals surface area contributed by atoms with E-state index in [0.29, 0.717) is 29.8 Å². The minimum Gasteiger partial charge on any atom is -0.366 e. The maximum atomic E-state index is 12.2. The monoisotopic (exact) mass is 379 g/mol. The fourth-order valence-corrected chi connectivity index (χ4v) is 4.03. The second kappa shape index (κ2) is 7.96. The first-order valence-corrected chi connectivity index (χ1v) is 9.82. The predicted molar refractivity (Wildman–Crippen MR) is 106 cm³/mol. The molecule has 1 aliphatic heterocycles. The fourth-order valence-electron chi connectivity index (χ4n) is 4.03. The number of hydrogen-bond acceptors (Lipinski definition) is 5. The van der Waals surface area contributed by atoms with Crippen molar-refractivity contribution in [3.63, 3.8) is 0 Å². The van der Waals surface area contributed by atoms with E-state index in [1.54, 1.807) is 0 Å². The minimum atomic E-state index is -0.526. The number of amides is 2. The summed E-state index contributed by atoms with van der Waals surface area (Å²) in [4.78, 5) is 33.8. The molecule has 0 radical (unpaired) electrons. The lowest BCUT2D eigenvalue weighted by molar-refractivity contribution is -0.121. The third kappa shape index (κ3) is 4.13. The SMILES string of the molecule is NC(=O)c1cnc(N2CC3C(C2)C3NC(=O)CCCCc2ccccc2)nc1. The van der Waals surface area contributed by atoms with Crippen LogP contribution in [-0.4, -0.2) is 40.9 Å². The molecule has 1 aromatic heterocycles. The van der Waals surface area contributed by atoms with Crippen molar-refractivity contribution in [2.45, 2.75) is 31.7 Å². The molecule has 1 aromatic carbocycles. The average Bonchev–Trinajstić information content (AvgIpc) is 3.13. The number of unbranched alkanes of at least 4 members (excludes halogenated alkanes) is 1. The molecule has 2 fully saturated rings. The molecule has 2 aliphatic rings. The molecule has 2 unspecified atom stereocenters. The standard InChI is InChI=1S/C21H25N5O2/c22-20(28)15-10-23-21(24-11-15)26-12-16-17(13-26)19(16)25-18(27)9-5-4-8-14-6-2-1-3-7-14/h1-3,6-7,10-11,16-17,19H,4-5,8-9,12-13H2,(H2,22,28)(H,25,27). The van der Waals surface area contributed by atoms with Crippen molar-refractivity contribution in [3.05, 3.63) is 53.9 Å². The lowest BCUT2D eigenvalue weighted by atomic mass is 10.1. The molecule has 1 aliphatic carbocycles. The van der Waals surface area contributed by atoms with Crippen LogP contribution >= 0.6 is 0 Å². The second-order valence-corrected chi connectivity index (χ2v) is 7.65. The molecule has 0 bridgehead atoms. The van der Waals surface area contributed by atoms with E-state index in [-0.39, 0.29) is 11.9 Å². The first-order chi connectivity index (χ1) is 13.6. The first kappa shape index (κ1) is 18.4. The topological polar surface area (TPSA) is 101 Å². The van der Waals surface area contributed by atoms with Crippen molar-refractivity contribution in [1.82, 2.24) is 15.3 Å². The quantitative estimate of drug-likeness (QED) is 0.678. The highest BCUT2D eigenvalue weighted by atomic mass is 16.2. The van der Waals surface area contributed by atoms with E-state index in [1.807, 2.05) is 18.2 Å². The molecule has 4 rings (SSSR count). The van der Waals surface area contributed by atoms with Crippen LogP contribution in [0.3, 0.4) is 0 Å². The van der Waals surface area contributed by atoms with Crippen LogP contribution in [0.2, 0.25) is 0 Å². The van der Waals surface area contributed by atoms with E-state index in [4.69, 9.17) is 5.73 Å². The van der Waals surface area contributed by atoms with Gasteiger partial charge >= 0.3 is 0 Å². The Bertz CT molecular complexity index is 828. The van der Waals surface area contributed by atoms with E-state index >= 15 is 0 Å². The van der Waals surface area contributed by atoms with E-state index in [0.717, 1.165) is 32.4 Å². The zero-order valence-corrected chi connectivity index (χ0v) is 15.8. The zero-order valence-electron chi connectivity index (χ0n) is 15.8. The minimum absolute atomic E-state index is 0.154. The van der Waals surface area contributed by atoms with Crippen LogP contribution in [0.5, 0.6) is 0 Å². The Morgan fingerprint density at radius 1 is 1.07 bits per heavy atom. The van der Waals surface area contributed by atoms with Crippen molar-refractivity contribution in [2.24, 2.45) is 17.6 Å². The van der Waals surface area contributed by atoms with Crippen molar-refractivity contribution in [2.75, 3.05) is 18.0 Å². The largest absolute Gasteiger partial charge is 0.366 e. The van der Waals surface area contributed by atoms with Gasteiger partial charge in [0, 0.05) is 49.8 Å². The van der Waals surface area contributed by atoms with Crippen LogP contribution in [-0.2, 0) is 11.2 Å². The molecule has 1 saturated carbocycles. The summed E-state index contributed by atoms with van der Waals surface area (Å²) in [5.74, 6) is 1.17. The second-order valence-electron chi connectivity index (χ2n) is 7.65. The average molecular weight is 379 g/mol. The molecular weight excluding hydrogens is 354 g/mol. The number of aromatic nitrogens is 2. The Balaban J connectivity index is 1.16. The number of primary amides is 1. The van der Waals surface area contributed by atoms with Gasteiger partial charge in [-0.2, -0.15) is 0 Å². The number of benzene rings is 1. The van der Waals surface area contributed by atoms with Gasteiger partial charge in [0.05, 0.1) is 5.56 Å². The van der Waals surface area contributed by atoms with Crippen molar-refractivity contribution >= 4 is 17.8 Å². The molecule has 3 N–H and O–H groups in total. The Morgan fingerprint density at radius 2 is 1.75 bits per heavy atom. The smallest absolute Gasteiger partial charge is 0.251 e. The van der Waals surface area contributed by atoms with Gasteiger partial charge in [0.1, 0.15) is 0 Å². The van der Waals surface area contributed by atoms with Gasteiger partial charge in [0.25, 0.3) is 5.91 Å². The van der Waals surface area contributed by atoms with Crippen LogP contribution in [0.25, 0.3) is 0 Å². The molecule has 0 spiro atoms. The van der Waals surface area contributed by atoms with Crippen LogP contribution in [0.4, 0.5) is 5.95 Å². The highest BCUT2D eigenvalue weighted by molar-refractivity contribution is 5.92. The third-order valence-corrected chi connectivity index (χ3v) is 5.69. The lowest BCUT2D eigenvalue weighted by Gasteiger charge is -2.20. The molecular formula is C21H25N5O2. The van der Waals surface area contributed by atoms with Gasteiger partial charge in [-0.05, 0) is 24.8 Å². The highest BCUT2D eigenvalue weighted by Gasteiger charge is 2.56. The summed E-state index contributed by atoms with van der Waals surface area (Å²) in [7, 11) is 0. The third-order valence-electron chi connectivity index (χ3n) is 5.69. The predicted octanol–water partition coefficient (Wildman–Crippen LogP) is 1.54. The van der Waals surface area contributed by atoms with Crippen LogP contribution in [0.1, 0.15) is 35.2 Å². The number of nitrogens with two attached hydrogens (primary N) is 1. The summed E-state index contributed by atoms with van der Waals surface area (Å²) in [5.41, 5.74) is 6.85. The summed E-state index contributed by atoms with van der Waals surface area (Å²) >= 11 is 0. The summed E-state index contributed by atoms with van der Waals surface area (Å²) < 4.78 is 0. The molecule has 2 heterocycles. The number of nitrogens with zero attached hydrogens (tertiary/aromatic N) is 3. The molecule has 146 valence electrons. The van der Waals surface area contributed by atoms with E-state index < -0.39 is 5.91 Å². The number of hydrogen-bond donors (Lipinski definition) is 2. The Labute approximate surface area is 164 Å². The number of carbonyl (C=O) groups is 2. The summed E-state index contributed by atoms with van der Waals surface area (Å²) in [6.45, 7) is 1.67. The van der Waals surface area contributed by atoms with Crippen LogP contribution < -0.4 is 16.0 Å². The van der Waals surface area contributed by atoms with Crippen molar-refractivity contribution < 1.29 is 9.59 Å². The first-order valence-electron chi connectivity index (χ1n) is 9.82. The number of aryl methyl sites for hydroxylation is 1. The molecule has 7 heteroatoms. The molecule has 1 saturated heterocycles. The molecule has 2 aromatic rings. The number of anilines is 1. The summed E-state index contributed by atoms with van der Waals surface area (Å²) in [5, 5.41) is 3.18. The van der Waals surface area contributed by atoms with E-state index in [2.05, 4.69) is 32.3 Å². The number of rotatable bonds is 8. The van der Waals surface area contributed by atoms with Gasteiger partial charge in [-0.15, -0.1) is 0 Å². The van der Waals surface area contributed by atoms with Crippen molar-refractivity contribution in [1.29, 1.82) is 0 Å². The Morgan fingerprint density at radius 3 is 2.39 bits per heavy atom. The summed E-state index contributed by atoms with van der Waals surface area (Å²) in [6, 6.07) is 10.7. The van der Waals surface area contributed by atoms with Crippen LogP contribution in [0, 0.1) is 11.8 Å². The van der Waals surface area contributed by atoms with Crippen LogP contribution in [0.15, 0.2) is 42.7 Å². The van der Waals surface area contributed by atoms with E-state index in [9.17, 15) is 9.59 Å². The Kier molecular flexibility index (Phi) is 5.23. The maximum absolute atomic E-state index is 12.2. The maximum Gasteiger partial charge on any atom is 0.251 e. The van der Waals surface area contributed by atoms with E-state index in [1.165, 1.54) is 18.0 Å². The van der Waals surface area contributed by atoms with Gasteiger partial charge in [-0.25, -0.2) is 9.97 Å². The van der Waals surface area contributed by atoms with Gasteiger partial charge < -0.3 is 16.0 Å². The fraction of sp³-hybridized carbons (Fsp3) is 0.429. The highest BCUT2D eigenvalue weighted by Crippen LogP contribution is 2.46. The Hall–Kier alpha value is -2.96. The van der Waals surface area contributed by atoms with Gasteiger partial charge in [-0.3, -0.25) is 9.59 Å². The molecule has 2 atom stereocenters. The summed E-state index contributed by atoms with van der Waals surface area (Å²) in [6.07, 6.45) is 6.47. The van der Waals surface area contributed by atoms with Gasteiger partial charge in [0.2, 0.25) is 11.9 Å². The number of fused-ring (bicyclic) bond motifs is 1. The lowest BCUT2D eigenvalue weighted by Crippen LogP contribution is -2.35. The van der Waals surface area contributed by atoms with Crippen molar-refractivity contribution in [3.8, 4) is 0 Å². The number of piperidine rings is 1.